The van der Waals surface area contributed by atoms with E-state index in [-0.39, 0.29) is 0 Å². The van der Waals surface area contributed by atoms with Crippen LogP contribution in [0.1, 0.15) is 13.3 Å². The molecule has 0 fully saturated rings. The molecule has 0 aliphatic carbocycles. The van der Waals surface area contributed by atoms with Crippen LogP contribution in [0.5, 0.6) is 0 Å². The zero-order valence-electron chi connectivity index (χ0n) is 10.2. The predicted molar refractivity (Wildman–Crippen MR) is 68.0 cm³/mol. The molecule has 6 heteroatoms. The quantitative estimate of drug-likeness (QED) is 0.638. The summed E-state index contributed by atoms with van der Waals surface area (Å²) in [4.78, 5) is 11.9. The zero-order chi connectivity index (χ0) is 13.5. The van der Waals surface area contributed by atoms with Gasteiger partial charge in [0.15, 0.2) is 0 Å². The van der Waals surface area contributed by atoms with E-state index in [1.54, 1.807) is 24.3 Å². The lowest BCUT2D eigenvalue weighted by atomic mass is 10.2. The molecule has 1 aromatic carbocycles. The molecule has 3 nitrogen and oxygen atoms in total. The predicted octanol–water partition coefficient (Wildman–Crippen LogP) is 3.36. The van der Waals surface area contributed by atoms with Crippen molar-refractivity contribution in [2.75, 3.05) is 12.4 Å². The molecule has 0 saturated carbocycles. The normalized spacial score (nSPS) is 12.3. The second-order valence-electron chi connectivity index (χ2n) is 3.50. The highest BCUT2D eigenvalue weighted by atomic mass is 32.2. The van der Waals surface area contributed by atoms with Crippen LogP contribution in [0.3, 0.4) is 0 Å². The minimum absolute atomic E-state index is 0.408. The lowest BCUT2D eigenvalue weighted by Gasteiger charge is -2.18. The number of methoxy groups -OCH3 is 1. The number of alkyl halides is 2. The molecule has 100 valence electrons. The Kier molecular flexibility index (Phi) is 5.91. The molecule has 0 amide bonds. The maximum absolute atomic E-state index is 12.4. The van der Waals surface area contributed by atoms with Gasteiger partial charge in [-0.15, -0.1) is 0 Å². The maximum Gasteiger partial charge on any atom is 0.328 e. The van der Waals surface area contributed by atoms with E-state index in [4.69, 9.17) is 0 Å². The molecule has 0 heterocycles. The standard InChI is InChI=1S/C12H15F2NO2S/c1-3-8(11(16)17-2)15-9-6-4-5-7-10(9)18-12(13)14/h4-8,12,15H,3H2,1-2H3. The Labute approximate surface area is 109 Å². The van der Waals surface area contributed by atoms with Gasteiger partial charge in [-0.25, -0.2) is 4.79 Å². The van der Waals surface area contributed by atoms with Crippen molar-refractivity contribution < 1.29 is 18.3 Å². The summed E-state index contributed by atoms with van der Waals surface area (Å²) < 4.78 is 29.4. The molecule has 0 aromatic heterocycles. The molecule has 1 unspecified atom stereocenters. The Morgan fingerprint density at radius 3 is 2.67 bits per heavy atom. The largest absolute Gasteiger partial charge is 0.467 e. The summed E-state index contributed by atoms with van der Waals surface area (Å²) in [6.45, 7) is 1.82. The van der Waals surface area contributed by atoms with Crippen LogP contribution in [0, 0.1) is 0 Å². The fourth-order valence-corrected chi connectivity index (χ4v) is 2.05. The number of carbonyl (C=O) groups excluding carboxylic acids is 1. The topological polar surface area (TPSA) is 38.3 Å². The van der Waals surface area contributed by atoms with Crippen molar-refractivity contribution in [1.82, 2.24) is 0 Å². The number of carbonyl (C=O) groups is 1. The van der Waals surface area contributed by atoms with Gasteiger partial charge in [0.05, 0.1) is 7.11 Å². The van der Waals surface area contributed by atoms with E-state index in [1.807, 2.05) is 6.92 Å². The van der Waals surface area contributed by atoms with Gasteiger partial charge >= 0.3 is 5.97 Å². The van der Waals surface area contributed by atoms with Crippen LogP contribution in [0.15, 0.2) is 29.2 Å². The van der Waals surface area contributed by atoms with E-state index in [0.29, 0.717) is 28.8 Å². The van der Waals surface area contributed by atoms with Gasteiger partial charge < -0.3 is 10.1 Å². The Morgan fingerprint density at radius 1 is 1.44 bits per heavy atom. The molecule has 1 rings (SSSR count). The number of benzene rings is 1. The third-order valence-corrected chi connectivity index (χ3v) is 3.11. The van der Waals surface area contributed by atoms with Crippen LogP contribution in [0.4, 0.5) is 14.5 Å². The maximum atomic E-state index is 12.4. The Bertz CT molecular complexity index is 401. The minimum atomic E-state index is -2.49. The zero-order valence-corrected chi connectivity index (χ0v) is 11.0. The summed E-state index contributed by atoms with van der Waals surface area (Å²) in [5.74, 6) is -2.90. The molecule has 0 radical (unpaired) electrons. The van der Waals surface area contributed by atoms with Crippen LogP contribution in [-0.4, -0.2) is 24.9 Å². The van der Waals surface area contributed by atoms with Gasteiger partial charge in [-0.1, -0.05) is 30.8 Å². The van der Waals surface area contributed by atoms with Crippen molar-refractivity contribution in [2.45, 2.75) is 30.0 Å². The molecule has 18 heavy (non-hydrogen) atoms. The van der Waals surface area contributed by atoms with Crippen molar-refractivity contribution in [2.24, 2.45) is 0 Å². The highest BCUT2D eigenvalue weighted by Gasteiger charge is 2.18. The van der Waals surface area contributed by atoms with E-state index in [2.05, 4.69) is 10.1 Å². The van der Waals surface area contributed by atoms with Crippen LogP contribution in [0.25, 0.3) is 0 Å². The smallest absolute Gasteiger partial charge is 0.328 e. The van der Waals surface area contributed by atoms with Crippen molar-refractivity contribution >= 4 is 23.4 Å². The number of thioether (sulfide) groups is 1. The molecular formula is C12H15F2NO2S. The molecule has 1 aromatic rings. The first-order valence-electron chi connectivity index (χ1n) is 5.46. The number of nitrogens with one attached hydrogen (secondary N) is 1. The van der Waals surface area contributed by atoms with E-state index in [9.17, 15) is 13.6 Å². The number of hydrogen-bond donors (Lipinski definition) is 1. The fraction of sp³-hybridized carbons (Fsp3) is 0.417. The molecule has 0 saturated heterocycles. The van der Waals surface area contributed by atoms with Crippen LogP contribution in [0.2, 0.25) is 0 Å². The average molecular weight is 275 g/mol. The van der Waals surface area contributed by atoms with Crippen LogP contribution >= 0.6 is 11.8 Å². The van der Waals surface area contributed by atoms with Gasteiger partial charge in [-0.05, 0) is 18.6 Å². The number of ether oxygens (including phenoxy) is 1. The Morgan fingerprint density at radius 2 is 2.11 bits per heavy atom. The van der Waals surface area contributed by atoms with Crippen LogP contribution in [-0.2, 0) is 9.53 Å². The fourth-order valence-electron chi connectivity index (χ4n) is 1.44. The number of para-hydroxylation sites is 1. The first-order chi connectivity index (χ1) is 8.58. The first kappa shape index (κ1) is 14.8. The Balaban J connectivity index is 2.85. The second-order valence-corrected chi connectivity index (χ2v) is 4.53. The van der Waals surface area contributed by atoms with E-state index >= 15 is 0 Å². The van der Waals surface area contributed by atoms with Crippen molar-refractivity contribution in [1.29, 1.82) is 0 Å². The minimum Gasteiger partial charge on any atom is -0.467 e. The number of esters is 1. The van der Waals surface area contributed by atoms with Gasteiger partial charge in [-0.3, -0.25) is 0 Å². The van der Waals surface area contributed by atoms with Gasteiger partial charge in [0.1, 0.15) is 6.04 Å². The summed E-state index contributed by atoms with van der Waals surface area (Å²) in [5, 5.41) is 2.92. The molecule has 1 atom stereocenters. The van der Waals surface area contributed by atoms with Gasteiger partial charge in [0.25, 0.3) is 5.76 Å². The lowest BCUT2D eigenvalue weighted by Crippen LogP contribution is -2.30. The number of anilines is 1. The summed E-state index contributed by atoms with van der Waals surface area (Å²) in [6.07, 6.45) is 0.514. The summed E-state index contributed by atoms with van der Waals surface area (Å²) in [7, 11) is 1.30. The summed E-state index contributed by atoms with van der Waals surface area (Å²) >= 11 is 0.449. The third kappa shape index (κ3) is 4.18. The highest BCUT2D eigenvalue weighted by molar-refractivity contribution is 7.99. The number of rotatable bonds is 6. The molecule has 0 aliphatic rings. The van der Waals surface area contributed by atoms with Crippen molar-refractivity contribution in [3.05, 3.63) is 24.3 Å². The van der Waals surface area contributed by atoms with E-state index < -0.39 is 17.8 Å². The Hall–Kier alpha value is -1.30. The molecule has 0 spiro atoms. The monoisotopic (exact) mass is 275 g/mol. The van der Waals surface area contributed by atoms with Gasteiger partial charge in [0.2, 0.25) is 0 Å². The average Bonchev–Trinajstić information content (AvgIpc) is 2.36. The second kappa shape index (κ2) is 7.20. The molecule has 0 aliphatic heterocycles. The third-order valence-electron chi connectivity index (χ3n) is 2.33. The molecule has 1 N–H and O–H groups in total. The SMILES string of the molecule is CCC(Nc1ccccc1SC(F)F)C(=O)OC. The van der Waals surface area contributed by atoms with E-state index in [1.165, 1.54) is 7.11 Å². The highest BCUT2D eigenvalue weighted by Crippen LogP contribution is 2.32. The number of hydrogen-bond acceptors (Lipinski definition) is 4. The summed E-state index contributed by atoms with van der Waals surface area (Å²) in [6, 6.07) is 6.12. The van der Waals surface area contributed by atoms with E-state index in [0.717, 1.165) is 0 Å². The summed E-state index contributed by atoms with van der Waals surface area (Å²) in [5.41, 5.74) is 0.514. The lowest BCUT2D eigenvalue weighted by molar-refractivity contribution is -0.141. The van der Waals surface area contributed by atoms with Crippen molar-refractivity contribution in [3.63, 3.8) is 0 Å². The molecule has 0 bridgehead atoms. The first-order valence-corrected chi connectivity index (χ1v) is 6.34. The van der Waals surface area contributed by atoms with Crippen molar-refractivity contribution in [3.8, 4) is 0 Å². The molecular weight excluding hydrogens is 260 g/mol. The van der Waals surface area contributed by atoms with Crippen LogP contribution < -0.4 is 5.32 Å². The van der Waals surface area contributed by atoms with Gasteiger partial charge in [-0.2, -0.15) is 8.78 Å². The van der Waals surface area contributed by atoms with Gasteiger partial charge in [0, 0.05) is 10.6 Å². The number of halogens is 2.